The molecule has 0 bridgehead atoms. The SMILES string of the molecule is Cc1ccc(-c2noc(CCN(CC(C)C)C(=O)c3ccc(C(F)(F)F)cc3)n2)cc1. The molecule has 2 aromatic carbocycles. The van der Waals surface area contributed by atoms with E-state index in [1.165, 1.54) is 12.1 Å². The van der Waals surface area contributed by atoms with Crippen LogP contribution in [0, 0.1) is 12.8 Å². The van der Waals surface area contributed by atoms with Gasteiger partial charge in [-0.05, 0) is 37.1 Å². The summed E-state index contributed by atoms with van der Waals surface area (Å²) in [7, 11) is 0. The maximum Gasteiger partial charge on any atom is 0.416 e. The minimum absolute atomic E-state index is 0.184. The van der Waals surface area contributed by atoms with Crippen LogP contribution in [-0.2, 0) is 12.6 Å². The molecule has 1 aromatic heterocycles. The number of carbonyl (C=O) groups excluding carboxylic acids is 1. The van der Waals surface area contributed by atoms with Crippen LogP contribution < -0.4 is 0 Å². The molecule has 1 heterocycles. The lowest BCUT2D eigenvalue weighted by Gasteiger charge is -2.24. The molecule has 164 valence electrons. The maximum absolute atomic E-state index is 12.9. The van der Waals surface area contributed by atoms with Gasteiger partial charge in [0, 0.05) is 30.6 Å². The predicted molar refractivity (Wildman–Crippen MR) is 110 cm³/mol. The number of amides is 1. The maximum atomic E-state index is 12.9. The van der Waals surface area contributed by atoms with Gasteiger partial charge in [-0.15, -0.1) is 0 Å². The number of aryl methyl sites for hydroxylation is 1. The van der Waals surface area contributed by atoms with Gasteiger partial charge < -0.3 is 9.42 Å². The largest absolute Gasteiger partial charge is 0.416 e. The van der Waals surface area contributed by atoms with E-state index >= 15 is 0 Å². The zero-order valence-corrected chi connectivity index (χ0v) is 17.6. The van der Waals surface area contributed by atoms with Crippen LogP contribution in [0.25, 0.3) is 11.4 Å². The second-order valence-electron chi connectivity index (χ2n) is 7.85. The summed E-state index contributed by atoms with van der Waals surface area (Å²) >= 11 is 0. The number of halogens is 3. The average Bonchev–Trinajstić information content (AvgIpc) is 3.19. The van der Waals surface area contributed by atoms with Crippen molar-refractivity contribution >= 4 is 5.91 Å². The summed E-state index contributed by atoms with van der Waals surface area (Å²) in [5, 5.41) is 3.99. The Hall–Kier alpha value is -3.16. The van der Waals surface area contributed by atoms with E-state index in [0.29, 0.717) is 31.2 Å². The standard InChI is InChI=1S/C23H24F3N3O2/c1-15(2)14-29(22(30)18-8-10-19(11-9-18)23(24,25)26)13-12-20-27-21(28-31-20)17-6-4-16(3)5-7-17/h4-11,15H,12-14H2,1-3H3. The number of carbonyl (C=O) groups is 1. The molecule has 0 radical (unpaired) electrons. The van der Waals surface area contributed by atoms with Crippen LogP contribution in [0.5, 0.6) is 0 Å². The van der Waals surface area contributed by atoms with Crippen LogP contribution in [-0.4, -0.2) is 34.0 Å². The number of rotatable bonds is 7. The van der Waals surface area contributed by atoms with Crippen molar-refractivity contribution in [3.05, 3.63) is 71.1 Å². The van der Waals surface area contributed by atoms with Crippen molar-refractivity contribution in [2.75, 3.05) is 13.1 Å². The predicted octanol–water partition coefficient (Wildman–Crippen LogP) is 5.40. The Morgan fingerprint density at radius 1 is 1.06 bits per heavy atom. The van der Waals surface area contributed by atoms with Crippen LogP contribution in [0.1, 0.15) is 41.2 Å². The zero-order chi connectivity index (χ0) is 22.6. The molecule has 0 unspecified atom stereocenters. The molecule has 31 heavy (non-hydrogen) atoms. The average molecular weight is 431 g/mol. The van der Waals surface area contributed by atoms with Crippen molar-refractivity contribution in [3.63, 3.8) is 0 Å². The highest BCUT2D eigenvalue weighted by Gasteiger charge is 2.30. The molecular weight excluding hydrogens is 407 g/mol. The minimum atomic E-state index is -4.44. The summed E-state index contributed by atoms with van der Waals surface area (Å²) in [4.78, 5) is 18.9. The fraction of sp³-hybridized carbons (Fsp3) is 0.348. The number of hydrogen-bond donors (Lipinski definition) is 0. The van der Waals surface area contributed by atoms with Crippen LogP contribution in [0.2, 0.25) is 0 Å². The number of nitrogens with zero attached hydrogens (tertiary/aromatic N) is 3. The van der Waals surface area contributed by atoms with Crippen molar-refractivity contribution in [2.45, 2.75) is 33.4 Å². The van der Waals surface area contributed by atoms with Crippen molar-refractivity contribution in [1.82, 2.24) is 15.0 Å². The first-order chi connectivity index (χ1) is 14.6. The molecule has 0 aliphatic carbocycles. The topological polar surface area (TPSA) is 59.2 Å². The molecule has 0 saturated carbocycles. The van der Waals surface area contributed by atoms with Gasteiger partial charge in [0.2, 0.25) is 11.7 Å². The number of benzene rings is 2. The summed E-state index contributed by atoms with van der Waals surface area (Å²) in [5.74, 6) is 0.717. The van der Waals surface area contributed by atoms with E-state index in [2.05, 4.69) is 10.1 Å². The minimum Gasteiger partial charge on any atom is -0.339 e. The number of aromatic nitrogens is 2. The van der Waals surface area contributed by atoms with Crippen molar-refractivity contribution < 1.29 is 22.5 Å². The van der Waals surface area contributed by atoms with Gasteiger partial charge >= 0.3 is 6.18 Å². The summed E-state index contributed by atoms with van der Waals surface area (Å²) in [6.07, 6.45) is -4.09. The second-order valence-corrected chi connectivity index (χ2v) is 7.85. The fourth-order valence-electron chi connectivity index (χ4n) is 3.11. The highest BCUT2D eigenvalue weighted by molar-refractivity contribution is 5.94. The van der Waals surface area contributed by atoms with E-state index in [4.69, 9.17) is 4.52 Å². The van der Waals surface area contributed by atoms with E-state index in [1.807, 2.05) is 45.0 Å². The summed E-state index contributed by atoms with van der Waals surface area (Å²) in [6.45, 7) is 6.69. The molecule has 8 heteroatoms. The molecule has 0 spiro atoms. The van der Waals surface area contributed by atoms with Gasteiger partial charge in [0.1, 0.15) is 0 Å². The Bertz CT molecular complexity index is 1010. The van der Waals surface area contributed by atoms with Crippen molar-refractivity contribution in [1.29, 1.82) is 0 Å². The summed E-state index contributed by atoms with van der Waals surface area (Å²) < 4.78 is 43.7. The van der Waals surface area contributed by atoms with Crippen molar-refractivity contribution in [3.8, 4) is 11.4 Å². The molecule has 0 aliphatic rings. The monoisotopic (exact) mass is 431 g/mol. The van der Waals surface area contributed by atoms with Crippen LogP contribution >= 0.6 is 0 Å². The van der Waals surface area contributed by atoms with E-state index in [1.54, 1.807) is 4.90 Å². The molecule has 0 aliphatic heterocycles. The Morgan fingerprint density at radius 2 is 1.71 bits per heavy atom. The first kappa shape index (κ1) is 22.5. The molecule has 0 atom stereocenters. The molecule has 3 rings (SSSR count). The van der Waals surface area contributed by atoms with E-state index in [9.17, 15) is 18.0 Å². The molecule has 0 fully saturated rings. The highest BCUT2D eigenvalue weighted by atomic mass is 19.4. The smallest absolute Gasteiger partial charge is 0.339 e. The van der Waals surface area contributed by atoms with Crippen LogP contribution in [0.15, 0.2) is 53.1 Å². The zero-order valence-electron chi connectivity index (χ0n) is 17.6. The normalized spacial score (nSPS) is 11.7. The Kier molecular flexibility index (Phi) is 6.77. The van der Waals surface area contributed by atoms with E-state index < -0.39 is 11.7 Å². The van der Waals surface area contributed by atoms with Gasteiger partial charge in [0.15, 0.2) is 0 Å². The van der Waals surface area contributed by atoms with E-state index in [-0.39, 0.29) is 17.4 Å². The van der Waals surface area contributed by atoms with Gasteiger partial charge in [-0.3, -0.25) is 4.79 Å². The lowest BCUT2D eigenvalue weighted by molar-refractivity contribution is -0.137. The first-order valence-corrected chi connectivity index (χ1v) is 9.99. The molecular formula is C23H24F3N3O2. The molecule has 1 amide bonds. The molecule has 3 aromatic rings. The Morgan fingerprint density at radius 3 is 2.29 bits per heavy atom. The van der Waals surface area contributed by atoms with Gasteiger partial charge in [-0.25, -0.2) is 0 Å². The summed E-state index contributed by atoms with van der Waals surface area (Å²) in [6, 6.07) is 12.0. The quantitative estimate of drug-likeness (QED) is 0.502. The third-order valence-corrected chi connectivity index (χ3v) is 4.71. The highest BCUT2D eigenvalue weighted by Crippen LogP contribution is 2.29. The van der Waals surface area contributed by atoms with Gasteiger partial charge in [-0.1, -0.05) is 48.8 Å². The third-order valence-electron chi connectivity index (χ3n) is 4.71. The van der Waals surface area contributed by atoms with Gasteiger partial charge in [0.05, 0.1) is 5.56 Å². The van der Waals surface area contributed by atoms with Crippen LogP contribution in [0.4, 0.5) is 13.2 Å². The first-order valence-electron chi connectivity index (χ1n) is 9.99. The van der Waals surface area contributed by atoms with E-state index in [0.717, 1.165) is 23.3 Å². The third kappa shape index (κ3) is 5.93. The molecule has 5 nitrogen and oxygen atoms in total. The Balaban J connectivity index is 1.70. The lowest BCUT2D eigenvalue weighted by atomic mass is 10.1. The number of alkyl halides is 3. The molecule has 0 saturated heterocycles. The molecule has 0 N–H and O–H groups in total. The summed E-state index contributed by atoms with van der Waals surface area (Å²) in [5.41, 5.74) is 1.38. The van der Waals surface area contributed by atoms with Gasteiger partial charge in [-0.2, -0.15) is 18.2 Å². The van der Waals surface area contributed by atoms with Crippen LogP contribution in [0.3, 0.4) is 0 Å². The Labute approximate surface area is 178 Å². The second kappa shape index (κ2) is 9.32. The number of hydrogen-bond acceptors (Lipinski definition) is 4. The fourth-order valence-corrected chi connectivity index (χ4v) is 3.11. The van der Waals surface area contributed by atoms with Crippen molar-refractivity contribution in [2.24, 2.45) is 5.92 Å². The lowest BCUT2D eigenvalue weighted by Crippen LogP contribution is -2.36. The van der Waals surface area contributed by atoms with Gasteiger partial charge in [0.25, 0.3) is 5.91 Å².